The van der Waals surface area contributed by atoms with Gasteiger partial charge in [-0.15, -0.1) is 10.2 Å². The quantitative estimate of drug-likeness (QED) is 0.340. The van der Waals surface area contributed by atoms with Crippen LogP contribution in [0.3, 0.4) is 0 Å². The number of nitrogens with zero attached hydrogens (tertiary/aromatic N) is 5. The number of rotatable bonds is 7. The van der Waals surface area contributed by atoms with E-state index in [1.165, 1.54) is 36.6 Å². The molecule has 1 aromatic carbocycles. The second-order valence-corrected chi connectivity index (χ2v) is 8.90. The first-order valence-electron chi connectivity index (χ1n) is 10.7. The molecule has 1 saturated carbocycles. The summed E-state index contributed by atoms with van der Waals surface area (Å²) >= 11 is 1.42. The molecular formula is C23H28N6OS. The van der Waals surface area contributed by atoms with Crippen LogP contribution in [0, 0.1) is 6.92 Å². The highest BCUT2D eigenvalue weighted by molar-refractivity contribution is 7.99. The number of hydrazone groups is 1. The minimum Gasteiger partial charge on any atom is -0.350 e. The van der Waals surface area contributed by atoms with Gasteiger partial charge in [0.1, 0.15) is 0 Å². The Morgan fingerprint density at radius 2 is 1.97 bits per heavy atom. The molecule has 1 aliphatic rings. The maximum Gasteiger partial charge on any atom is 0.250 e. The molecule has 2 aromatic heterocycles. The summed E-state index contributed by atoms with van der Waals surface area (Å²) in [5.74, 6) is 0.963. The first kappa shape index (κ1) is 21.4. The van der Waals surface area contributed by atoms with Crippen LogP contribution in [0.1, 0.15) is 49.4 Å². The van der Waals surface area contributed by atoms with E-state index >= 15 is 0 Å². The zero-order valence-corrected chi connectivity index (χ0v) is 18.8. The number of aromatic nitrogens is 4. The first-order valence-corrected chi connectivity index (χ1v) is 11.7. The molecule has 0 spiro atoms. The molecule has 0 atom stereocenters. The van der Waals surface area contributed by atoms with Crippen LogP contribution in [0.4, 0.5) is 0 Å². The lowest BCUT2D eigenvalue weighted by Crippen LogP contribution is -2.21. The predicted octanol–water partition coefficient (Wildman–Crippen LogP) is 4.34. The van der Waals surface area contributed by atoms with Crippen LogP contribution in [0.15, 0.2) is 52.9 Å². The normalized spacial score (nSPS) is 14.9. The molecule has 0 aliphatic heterocycles. The van der Waals surface area contributed by atoms with E-state index in [0.717, 1.165) is 35.1 Å². The largest absolute Gasteiger partial charge is 0.350 e. The van der Waals surface area contributed by atoms with E-state index in [1.807, 2.05) is 29.9 Å². The third-order valence-electron chi connectivity index (χ3n) is 5.62. The lowest BCUT2D eigenvalue weighted by molar-refractivity contribution is -0.118. The maximum absolute atomic E-state index is 12.3. The average Bonchev–Trinajstić information content (AvgIpc) is 3.39. The Balaban J connectivity index is 1.47. The number of amides is 1. The Labute approximate surface area is 187 Å². The van der Waals surface area contributed by atoms with E-state index in [0.29, 0.717) is 6.04 Å². The summed E-state index contributed by atoms with van der Waals surface area (Å²) < 4.78 is 4.18. The summed E-state index contributed by atoms with van der Waals surface area (Å²) in [4.78, 5) is 12.3. The van der Waals surface area contributed by atoms with E-state index in [9.17, 15) is 4.79 Å². The van der Waals surface area contributed by atoms with Gasteiger partial charge >= 0.3 is 0 Å². The van der Waals surface area contributed by atoms with Crippen LogP contribution in [-0.2, 0) is 11.8 Å². The van der Waals surface area contributed by atoms with Crippen molar-refractivity contribution in [2.75, 3.05) is 5.75 Å². The minimum atomic E-state index is -0.162. The number of carbonyl (C=O) groups is 1. The highest BCUT2D eigenvalue weighted by Crippen LogP contribution is 2.35. The van der Waals surface area contributed by atoms with Crippen molar-refractivity contribution in [2.45, 2.75) is 50.2 Å². The van der Waals surface area contributed by atoms with Crippen molar-refractivity contribution in [2.24, 2.45) is 12.1 Å². The molecule has 3 aromatic rings. The van der Waals surface area contributed by atoms with Gasteiger partial charge in [-0.05, 0) is 31.9 Å². The molecule has 1 aliphatic carbocycles. The third kappa shape index (κ3) is 5.25. The fourth-order valence-electron chi connectivity index (χ4n) is 3.88. The molecule has 2 heterocycles. The summed E-state index contributed by atoms with van der Waals surface area (Å²) in [6.45, 7) is 2.08. The Bertz CT molecular complexity index is 1050. The van der Waals surface area contributed by atoms with Gasteiger partial charge in [-0.1, -0.05) is 60.9 Å². The smallest absolute Gasteiger partial charge is 0.250 e. The maximum atomic E-state index is 12.3. The van der Waals surface area contributed by atoms with Gasteiger partial charge in [0.05, 0.1) is 17.7 Å². The summed E-state index contributed by atoms with van der Waals surface area (Å²) in [7, 11) is 1.93. The molecule has 0 saturated heterocycles. The molecule has 8 heteroatoms. The van der Waals surface area contributed by atoms with Crippen LogP contribution < -0.4 is 5.43 Å². The fraction of sp³-hybridized carbons (Fsp3) is 0.391. The molecule has 0 unspecified atom stereocenters. The van der Waals surface area contributed by atoms with Crippen LogP contribution in [0.5, 0.6) is 0 Å². The van der Waals surface area contributed by atoms with E-state index in [2.05, 4.69) is 56.5 Å². The molecular weight excluding hydrogens is 408 g/mol. The molecule has 1 fully saturated rings. The molecule has 162 valence electrons. The lowest BCUT2D eigenvalue weighted by Gasteiger charge is -2.25. The number of nitrogens with one attached hydrogen (secondary N) is 1. The van der Waals surface area contributed by atoms with Gasteiger partial charge in [0.25, 0.3) is 5.91 Å². The Hall–Kier alpha value is -2.87. The molecule has 31 heavy (non-hydrogen) atoms. The topological polar surface area (TPSA) is 77.1 Å². The van der Waals surface area contributed by atoms with Crippen molar-refractivity contribution in [1.82, 2.24) is 24.8 Å². The molecule has 1 N–H and O–H groups in total. The molecule has 0 radical (unpaired) electrons. The van der Waals surface area contributed by atoms with Crippen molar-refractivity contribution in [3.63, 3.8) is 0 Å². The van der Waals surface area contributed by atoms with Gasteiger partial charge in [0, 0.05) is 24.8 Å². The van der Waals surface area contributed by atoms with Crippen molar-refractivity contribution in [3.8, 4) is 11.4 Å². The SMILES string of the molecule is Cc1ccc(-c2nnc(SCC(=O)NN=Cc3cccn3C)n2C2CCCCC2)cc1. The van der Waals surface area contributed by atoms with Gasteiger partial charge in [0.2, 0.25) is 0 Å². The van der Waals surface area contributed by atoms with E-state index in [1.54, 1.807) is 6.21 Å². The van der Waals surface area contributed by atoms with E-state index in [-0.39, 0.29) is 11.7 Å². The highest BCUT2D eigenvalue weighted by Gasteiger charge is 2.24. The van der Waals surface area contributed by atoms with Crippen LogP contribution in [0.25, 0.3) is 11.4 Å². The zero-order valence-electron chi connectivity index (χ0n) is 18.0. The van der Waals surface area contributed by atoms with Gasteiger partial charge in [-0.25, -0.2) is 5.43 Å². The summed E-state index contributed by atoms with van der Waals surface area (Å²) in [5.41, 5.74) is 5.80. The zero-order chi connectivity index (χ0) is 21.6. The number of hydrogen-bond acceptors (Lipinski definition) is 5. The summed E-state index contributed by atoms with van der Waals surface area (Å²) in [6.07, 6.45) is 9.53. The van der Waals surface area contributed by atoms with Crippen LogP contribution in [-0.4, -0.2) is 37.2 Å². The average molecular weight is 437 g/mol. The Morgan fingerprint density at radius 3 is 2.68 bits per heavy atom. The second-order valence-electron chi connectivity index (χ2n) is 7.96. The Kier molecular flexibility index (Phi) is 6.86. The van der Waals surface area contributed by atoms with Gasteiger partial charge in [0.15, 0.2) is 11.0 Å². The number of aryl methyl sites for hydroxylation is 2. The van der Waals surface area contributed by atoms with E-state index < -0.39 is 0 Å². The second kappa shape index (κ2) is 9.96. The van der Waals surface area contributed by atoms with Gasteiger partial charge in [-0.2, -0.15) is 5.10 Å². The van der Waals surface area contributed by atoms with Crippen molar-refractivity contribution < 1.29 is 4.79 Å². The van der Waals surface area contributed by atoms with E-state index in [4.69, 9.17) is 0 Å². The van der Waals surface area contributed by atoms with Crippen molar-refractivity contribution in [3.05, 3.63) is 53.9 Å². The number of carbonyl (C=O) groups excluding carboxylic acids is 1. The van der Waals surface area contributed by atoms with Crippen LogP contribution in [0.2, 0.25) is 0 Å². The molecule has 0 bridgehead atoms. The third-order valence-corrected chi connectivity index (χ3v) is 6.56. The Morgan fingerprint density at radius 1 is 1.19 bits per heavy atom. The van der Waals surface area contributed by atoms with Gasteiger partial charge in [-0.3, -0.25) is 9.36 Å². The summed E-state index contributed by atoms with van der Waals surface area (Å²) in [6, 6.07) is 12.6. The number of hydrogen-bond donors (Lipinski definition) is 1. The molecule has 1 amide bonds. The monoisotopic (exact) mass is 436 g/mol. The van der Waals surface area contributed by atoms with Gasteiger partial charge < -0.3 is 4.57 Å². The van der Waals surface area contributed by atoms with Crippen molar-refractivity contribution in [1.29, 1.82) is 0 Å². The van der Waals surface area contributed by atoms with Crippen LogP contribution >= 0.6 is 11.8 Å². The standard InChI is InChI=1S/C23H28N6OS/c1-17-10-12-18(13-11-17)22-26-27-23(29(22)19-7-4-3-5-8-19)31-16-21(30)25-24-15-20-9-6-14-28(20)2/h6,9-15,19H,3-5,7-8,16H2,1-2H3,(H,25,30). The number of benzene rings is 1. The highest BCUT2D eigenvalue weighted by atomic mass is 32.2. The fourth-order valence-corrected chi connectivity index (χ4v) is 4.68. The summed E-state index contributed by atoms with van der Waals surface area (Å²) in [5, 5.41) is 13.8. The predicted molar refractivity (Wildman–Crippen MR) is 124 cm³/mol. The van der Waals surface area contributed by atoms with Crippen molar-refractivity contribution >= 4 is 23.9 Å². The lowest BCUT2D eigenvalue weighted by atomic mass is 9.95. The molecule has 4 rings (SSSR count). The number of thioether (sulfide) groups is 1. The minimum absolute atomic E-state index is 0.162. The first-order chi connectivity index (χ1) is 15.1. The molecule has 7 nitrogen and oxygen atoms in total.